The maximum atomic E-state index is 12.8. The number of anilines is 1. The van der Waals surface area contributed by atoms with Gasteiger partial charge in [-0.1, -0.05) is 11.6 Å². The van der Waals surface area contributed by atoms with Gasteiger partial charge in [-0.2, -0.15) is 0 Å². The van der Waals surface area contributed by atoms with Crippen LogP contribution in [0.5, 0.6) is 11.5 Å². The van der Waals surface area contributed by atoms with E-state index in [1.165, 1.54) is 20.3 Å². The zero-order valence-corrected chi connectivity index (χ0v) is 11.0. The number of nitrogen functional groups attached to an aromatic ring is 1. The highest BCUT2D eigenvalue weighted by molar-refractivity contribution is 6.34. The fraction of sp³-hybridized carbons (Fsp3) is 0.250. The topological polar surface area (TPSA) is 57.4 Å². The van der Waals surface area contributed by atoms with Gasteiger partial charge in [0.15, 0.2) is 0 Å². The molecule has 19 heavy (non-hydrogen) atoms. The average Bonchev–Trinajstić information content (AvgIpc) is 2.38. The summed E-state index contributed by atoms with van der Waals surface area (Å²) in [5, 5.41) is 0.626. The Kier molecular flexibility index (Phi) is 3.61. The maximum Gasteiger partial charge on any atom is 0.280 e. The number of hydrogen-bond acceptors (Lipinski definition) is 4. The van der Waals surface area contributed by atoms with Crippen LogP contribution in [0.4, 0.5) is 14.5 Å². The quantitative estimate of drug-likeness (QED) is 0.940. The van der Waals surface area contributed by atoms with E-state index in [0.29, 0.717) is 5.39 Å². The Balaban J connectivity index is 2.91. The van der Waals surface area contributed by atoms with Crippen molar-refractivity contribution in [2.45, 2.75) is 6.43 Å². The molecule has 2 rings (SSSR count). The Bertz CT molecular complexity index is 635. The minimum Gasteiger partial charge on any atom is -0.494 e. The number of aromatic nitrogens is 1. The number of nitrogens with two attached hydrogens (primary N) is 1. The van der Waals surface area contributed by atoms with Gasteiger partial charge in [0.2, 0.25) is 0 Å². The molecule has 0 radical (unpaired) electrons. The zero-order chi connectivity index (χ0) is 14.2. The Morgan fingerprint density at radius 2 is 1.95 bits per heavy atom. The van der Waals surface area contributed by atoms with Gasteiger partial charge in [0.25, 0.3) is 6.43 Å². The molecule has 2 aromatic rings. The second-order valence-electron chi connectivity index (χ2n) is 3.75. The molecule has 0 aliphatic heterocycles. The van der Waals surface area contributed by atoms with E-state index >= 15 is 0 Å². The third-order valence-electron chi connectivity index (χ3n) is 2.65. The number of ether oxygens (including phenoxy) is 2. The van der Waals surface area contributed by atoms with E-state index in [1.54, 1.807) is 0 Å². The lowest BCUT2D eigenvalue weighted by atomic mass is 10.1. The van der Waals surface area contributed by atoms with Crippen molar-refractivity contribution in [3.8, 4) is 11.5 Å². The molecule has 1 aromatic carbocycles. The number of methoxy groups -OCH3 is 2. The molecule has 0 amide bonds. The smallest absolute Gasteiger partial charge is 0.280 e. The van der Waals surface area contributed by atoms with Gasteiger partial charge in [-0.25, -0.2) is 13.8 Å². The average molecular weight is 289 g/mol. The number of nitrogens with zero attached hydrogens (tertiary/aromatic N) is 1. The Hall–Kier alpha value is -1.82. The number of fused-ring (bicyclic) bond motifs is 1. The van der Waals surface area contributed by atoms with Crippen LogP contribution in [-0.2, 0) is 0 Å². The van der Waals surface area contributed by atoms with Crippen molar-refractivity contribution in [2.75, 3.05) is 20.0 Å². The Morgan fingerprint density at radius 1 is 1.26 bits per heavy atom. The van der Waals surface area contributed by atoms with Crippen LogP contribution in [0.3, 0.4) is 0 Å². The Labute approximate surface area is 113 Å². The molecule has 7 heteroatoms. The number of alkyl halides is 2. The minimum absolute atomic E-state index is 0.109. The van der Waals surface area contributed by atoms with Crippen LogP contribution >= 0.6 is 11.6 Å². The molecule has 1 aromatic heterocycles. The molecule has 2 N–H and O–H groups in total. The molecule has 0 spiro atoms. The molecule has 4 nitrogen and oxygen atoms in total. The van der Waals surface area contributed by atoms with Crippen LogP contribution in [0.25, 0.3) is 10.9 Å². The predicted molar refractivity (Wildman–Crippen MR) is 69.2 cm³/mol. The van der Waals surface area contributed by atoms with Gasteiger partial charge in [-0.05, 0) is 6.07 Å². The van der Waals surface area contributed by atoms with Gasteiger partial charge in [-0.3, -0.25) is 0 Å². The van der Waals surface area contributed by atoms with Gasteiger partial charge in [0.1, 0.15) is 22.7 Å². The fourth-order valence-electron chi connectivity index (χ4n) is 1.84. The third kappa shape index (κ3) is 2.23. The van der Waals surface area contributed by atoms with Crippen molar-refractivity contribution in [3.63, 3.8) is 0 Å². The van der Waals surface area contributed by atoms with E-state index in [0.717, 1.165) is 6.07 Å². The fourth-order valence-corrected chi connectivity index (χ4v) is 2.11. The molecule has 0 aliphatic carbocycles. The first kappa shape index (κ1) is 13.6. The summed E-state index contributed by atoms with van der Waals surface area (Å²) in [7, 11) is 2.80. The molecule has 102 valence electrons. The van der Waals surface area contributed by atoms with Crippen LogP contribution in [0, 0.1) is 0 Å². The molecule has 0 saturated carbocycles. The Morgan fingerprint density at radius 3 is 2.47 bits per heavy atom. The summed E-state index contributed by atoms with van der Waals surface area (Å²) >= 11 is 6.03. The van der Waals surface area contributed by atoms with Crippen molar-refractivity contribution in [1.29, 1.82) is 0 Å². The molecule has 0 atom stereocenters. The maximum absolute atomic E-state index is 12.8. The first-order valence-corrected chi connectivity index (χ1v) is 5.66. The van der Waals surface area contributed by atoms with E-state index in [1.807, 2.05) is 0 Å². The molecule has 0 aliphatic rings. The van der Waals surface area contributed by atoms with Crippen molar-refractivity contribution < 1.29 is 18.3 Å². The van der Waals surface area contributed by atoms with Crippen LogP contribution in [0.2, 0.25) is 5.02 Å². The van der Waals surface area contributed by atoms with Gasteiger partial charge in [0.05, 0.1) is 24.6 Å². The molecule has 0 saturated heterocycles. The number of benzene rings is 1. The van der Waals surface area contributed by atoms with E-state index < -0.39 is 12.1 Å². The van der Waals surface area contributed by atoms with E-state index in [4.69, 9.17) is 26.8 Å². The summed E-state index contributed by atoms with van der Waals surface area (Å²) in [6.07, 6.45) is -2.72. The normalized spacial score (nSPS) is 11.1. The first-order chi connectivity index (χ1) is 8.99. The van der Waals surface area contributed by atoms with Crippen LogP contribution in [-0.4, -0.2) is 19.2 Å². The van der Waals surface area contributed by atoms with Gasteiger partial charge >= 0.3 is 0 Å². The van der Waals surface area contributed by atoms with Crippen LogP contribution < -0.4 is 15.2 Å². The SMILES string of the molecule is COc1cc(Cl)c(OC)c2c(N)cc(C(F)F)nc12. The van der Waals surface area contributed by atoms with Crippen molar-refractivity contribution in [1.82, 2.24) is 4.98 Å². The molecule has 0 fully saturated rings. The standard InChI is InChI=1S/C12H11ClF2N2O2/c1-18-8-3-5(13)11(19-2)9-6(16)4-7(12(14)15)17-10(8)9/h3-4,12H,1-2H3,(H2,16,17). The molecule has 1 heterocycles. The van der Waals surface area contributed by atoms with Gasteiger partial charge in [0, 0.05) is 11.8 Å². The summed E-state index contributed by atoms with van der Waals surface area (Å²) < 4.78 is 35.8. The molecule has 0 unspecified atom stereocenters. The summed E-state index contributed by atoms with van der Waals surface area (Å²) in [4.78, 5) is 3.86. The molecular weight excluding hydrogens is 278 g/mol. The number of pyridine rings is 1. The highest BCUT2D eigenvalue weighted by atomic mass is 35.5. The van der Waals surface area contributed by atoms with Crippen molar-refractivity contribution in [2.24, 2.45) is 0 Å². The predicted octanol–water partition coefficient (Wildman–Crippen LogP) is 3.43. The van der Waals surface area contributed by atoms with Crippen LogP contribution in [0.1, 0.15) is 12.1 Å². The highest BCUT2D eigenvalue weighted by Crippen LogP contribution is 2.42. The highest BCUT2D eigenvalue weighted by Gasteiger charge is 2.19. The largest absolute Gasteiger partial charge is 0.494 e. The second kappa shape index (κ2) is 5.05. The summed E-state index contributed by atoms with van der Waals surface area (Å²) in [6.45, 7) is 0. The summed E-state index contributed by atoms with van der Waals surface area (Å²) in [6, 6.07) is 2.55. The second-order valence-corrected chi connectivity index (χ2v) is 4.16. The van der Waals surface area contributed by atoms with Crippen molar-refractivity contribution >= 4 is 28.2 Å². The lowest BCUT2D eigenvalue weighted by Gasteiger charge is -2.14. The van der Waals surface area contributed by atoms with Crippen LogP contribution in [0.15, 0.2) is 12.1 Å². The number of rotatable bonds is 3. The number of hydrogen-bond donors (Lipinski definition) is 1. The monoisotopic (exact) mass is 288 g/mol. The van der Waals surface area contributed by atoms with Crippen molar-refractivity contribution in [3.05, 3.63) is 22.8 Å². The molecule has 0 bridgehead atoms. The summed E-state index contributed by atoms with van der Waals surface area (Å²) in [5.41, 5.74) is 5.68. The van der Waals surface area contributed by atoms with E-state index in [-0.39, 0.29) is 27.7 Å². The van der Waals surface area contributed by atoms with Gasteiger partial charge in [-0.15, -0.1) is 0 Å². The summed E-state index contributed by atoms with van der Waals surface area (Å²) in [5.74, 6) is 0.540. The minimum atomic E-state index is -2.72. The lowest BCUT2D eigenvalue weighted by Crippen LogP contribution is -2.00. The van der Waals surface area contributed by atoms with Gasteiger partial charge < -0.3 is 15.2 Å². The third-order valence-corrected chi connectivity index (χ3v) is 2.93. The molecular formula is C12H11ClF2N2O2. The first-order valence-electron chi connectivity index (χ1n) is 5.28. The lowest BCUT2D eigenvalue weighted by molar-refractivity contribution is 0.146. The zero-order valence-electron chi connectivity index (χ0n) is 10.2. The number of halogens is 3. The van der Waals surface area contributed by atoms with E-state index in [2.05, 4.69) is 4.98 Å². The van der Waals surface area contributed by atoms with E-state index in [9.17, 15) is 8.78 Å².